The van der Waals surface area contributed by atoms with Crippen molar-refractivity contribution in [3.8, 4) is 0 Å². The fourth-order valence-corrected chi connectivity index (χ4v) is 3.51. The van der Waals surface area contributed by atoms with E-state index < -0.39 is 16.4 Å². The largest absolute Gasteiger partial charge is 0.409 e. The third-order valence-electron chi connectivity index (χ3n) is 4.06. The summed E-state index contributed by atoms with van der Waals surface area (Å²) >= 11 is 0. The predicted molar refractivity (Wildman–Crippen MR) is 81.7 cm³/mol. The monoisotopic (exact) mass is 322 g/mol. The van der Waals surface area contributed by atoms with E-state index in [0.717, 1.165) is 12.8 Å². The first-order valence-electron chi connectivity index (χ1n) is 8.28. The third-order valence-corrected chi connectivity index (χ3v) is 4.94. The fraction of sp³-hybridized carbons (Fsp3) is 1.00. The summed E-state index contributed by atoms with van der Waals surface area (Å²) in [5.74, 6) is -2.27. The molecular formula is C15H30O5S. The molecule has 0 saturated carbocycles. The Kier molecular flexibility index (Phi) is 8.16. The van der Waals surface area contributed by atoms with Gasteiger partial charge in [-0.15, -0.1) is 0 Å². The first-order chi connectivity index (χ1) is 9.90. The minimum atomic E-state index is -3.94. The normalized spacial score (nSPS) is 20.9. The van der Waals surface area contributed by atoms with Crippen molar-refractivity contribution in [2.45, 2.75) is 90.4 Å². The van der Waals surface area contributed by atoms with Crippen LogP contribution in [0.25, 0.3) is 0 Å². The van der Waals surface area contributed by atoms with Gasteiger partial charge in [0.15, 0.2) is 0 Å². The van der Waals surface area contributed by atoms with Gasteiger partial charge in [0.1, 0.15) is 0 Å². The molecule has 0 amide bonds. The fourth-order valence-electron chi connectivity index (χ4n) is 2.58. The first kappa shape index (κ1) is 18.9. The molecule has 1 fully saturated rings. The molecule has 1 aliphatic rings. The van der Waals surface area contributed by atoms with Crippen LogP contribution >= 0.6 is 0 Å². The topological polar surface area (TPSA) is 72.8 Å². The van der Waals surface area contributed by atoms with Gasteiger partial charge in [-0.1, -0.05) is 78.1 Å². The Balaban J connectivity index is 1.93. The Labute approximate surface area is 129 Å². The molecule has 1 atom stereocenters. The molecule has 0 radical (unpaired) electrons. The summed E-state index contributed by atoms with van der Waals surface area (Å²) < 4.78 is 30.3. The Bertz CT molecular complexity index is 368. The van der Waals surface area contributed by atoms with E-state index in [1.807, 2.05) is 0 Å². The van der Waals surface area contributed by atoms with E-state index in [1.54, 1.807) is 6.92 Å². The highest BCUT2D eigenvalue weighted by atomic mass is 32.3. The molecule has 21 heavy (non-hydrogen) atoms. The smallest absolute Gasteiger partial charge is 0.341 e. The summed E-state index contributed by atoms with van der Waals surface area (Å²) in [6.45, 7) is 3.97. The Hall–Kier alpha value is -0.170. The summed E-state index contributed by atoms with van der Waals surface area (Å²) in [5, 5.41) is 9.73. The van der Waals surface area contributed by atoms with Gasteiger partial charge in [-0.2, -0.15) is 16.8 Å². The second-order valence-corrected chi connectivity index (χ2v) is 7.23. The van der Waals surface area contributed by atoms with E-state index in [1.165, 1.54) is 51.4 Å². The molecule has 5 nitrogen and oxygen atoms in total. The van der Waals surface area contributed by atoms with Crippen LogP contribution in [-0.2, 0) is 18.8 Å². The van der Waals surface area contributed by atoms with Gasteiger partial charge >= 0.3 is 16.4 Å². The lowest BCUT2D eigenvalue weighted by atomic mass is 9.99. The number of aliphatic hydroxyl groups is 1. The molecule has 0 aliphatic carbocycles. The molecule has 6 heteroatoms. The number of hydrogen-bond donors (Lipinski definition) is 1. The second-order valence-electron chi connectivity index (χ2n) is 6.08. The number of unbranched alkanes of at least 4 members (excludes halogenated alkanes) is 9. The van der Waals surface area contributed by atoms with E-state index in [2.05, 4.69) is 15.3 Å². The minimum absolute atomic E-state index is 0.338. The molecular weight excluding hydrogens is 292 g/mol. The van der Waals surface area contributed by atoms with Gasteiger partial charge in [-0.3, -0.25) is 0 Å². The average molecular weight is 322 g/mol. The predicted octanol–water partition coefficient (Wildman–Crippen LogP) is 3.87. The van der Waals surface area contributed by atoms with Gasteiger partial charge in [-0.25, -0.2) is 0 Å². The number of hydrogen-bond acceptors (Lipinski definition) is 5. The van der Waals surface area contributed by atoms with Crippen molar-refractivity contribution in [1.82, 2.24) is 0 Å². The van der Waals surface area contributed by atoms with E-state index in [-0.39, 0.29) is 5.92 Å². The SMILES string of the molecule is CCCCCCCCCCCCC(C)C1(O)OS(=O)(=O)O1. The van der Waals surface area contributed by atoms with Crippen LogP contribution in [0.3, 0.4) is 0 Å². The maximum absolute atomic E-state index is 10.7. The first-order valence-corrected chi connectivity index (χ1v) is 9.61. The van der Waals surface area contributed by atoms with Gasteiger partial charge in [0, 0.05) is 5.92 Å². The van der Waals surface area contributed by atoms with Crippen molar-refractivity contribution in [2.24, 2.45) is 5.92 Å². The van der Waals surface area contributed by atoms with Gasteiger partial charge < -0.3 is 5.11 Å². The lowest BCUT2D eigenvalue weighted by Gasteiger charge is -2.38. The highest BCUT2D eigenvalue weighted by molar-refractivity contribution is 7.82. The summed E-state index contributed by atoms with van der Waals surface area (Å²) in [5.41, 5.74) is 0. The van der Waals surface area contributed by atoms with Gasteiger partial charge in [-0.05, 0) is 6.42 Å². The van der Waals surface area contributed by atoms with Crippen LogP contribution in [0.4, 0.5) is 0 Å². The molecule has 1 unspecified atom stereocenters. The van der Waals surface area contributed by atoms with E-state index >= 15 is 0 Å². The van der Waals surface area contributed by atoms with Gasteiger partial charge in [0.05, 0.1) is 0 Å². The summed E-state index contributed by atoms with van der Waals surface area (Å²) in [6, 6.07) is 0. The molecule has 1 rings (SSSR count). The van der Waals surface area contributed by atoms with Crippen molar-refractivity contribution in [3.63, 3.8) is 0 Å². The lowest BCUT2D eigenvalue weighted by molar-refractivity contribution is -0.352. The van der Waals surface area contributed by atoms with Crippen LogP contribution in [0, 0.1) is 5.92 Å². The zero-order valence-corrected chi connectivity index (χ0v) is 14.2. The molecule has 126 valence electrons. The minimum Gasteiger partial charge on any atom is -0.341 e. The van der Waals surface area contributed by atoms with Crippen molar-refractivity contribution in [3.05, 3.63) is 0 Å². The zero-order valence-electron chi connectivity index (χ0n) is 13.3. The van der Waals surface area contributed by atoms with Crippen LogP contribution in [0.15, 0.2) is 0 Å². The molecule has 0 aromatic rings. The average Bonchev–Trinajstić information content (AvgIpc) is 2.38. The van der Waals surface area contributed by atoms with Crippen LogP contribution < -0.4 is 0 Å². The molecule has 1 aliphatic heterocycles. The Morgan fingerprint density at radius 2 is 1.33 bits per heavy atom. The highest BCUT2D eigenvalue weighted by Crippen LogP contribution is 2.37. The lowest BCUT2D eigenvalue weighted by Crippen LogP contribution is -2.54. The molecule has 0 aromatic carbocycles. The van der Waals surface area contributed by atoms with E-state index in [0.29, 0.717) is 6.42 Å². The Morgan fingerprint density at radius 1 is 0.905 bits per heavy atom. The quantitative estimate of drug-likeness (QED) is 0.552. The van der Waals surface area contributed by atoms with Gasteiger partial charge in [0.2, 0.25) is 0 Å². The van der Waals surface area contributed by atoms with Gasteiger partial charge in [0.25, 0.3) is 0 Å². The molecule has 0 aromatic heterocycles. The van der Waals surface area contributed by atoms with Crippen LogP contribution in [0.2, 0.25) is 0 Å². The molecule has 1 saturated heterocycles. The highest BCUT2D eigenvalue weighted by Gasteiger charge is 2.54. The van der Waals surface area contributed by atoms with Crippen LogP contribution in [-0.4, -0.2) is 19.5 Å². The van der Waals surface area contributed by atoms with Crippen molar-refractivity contribution in [2.75, 3.05) is 0 Å². The van der Waals surface area contributed by atoms with Crippen molar-refractivity contribution >= 4 is 10.4 Å². The molecule has 1 heterocycles. The van der Waals surface area contributed by atoms with Crippen molar-refractivity contribution in [1.29, 1.82) is 0 Å². The molecule has 0 bridgehead atoms. The van der Waals surface area contributed by atoms with E-state index in [4.69, 9.17) is 0 Å². The summed E-state index contributed by atoms with van der Waals surface area (Å²) in [4.78, 5) is 0. The maximum Gasteiger partial charge on any atom is 0.409 e. The van der Waals surface area contributed by atoms with E-state index in [9.17, 15) is 13.5 Å². The molecule has 1 N–H and O–H groups in total. The molecule has 0 spiro atoms. The second kappa shape index (κ2) is 9.08. The number of rotatable bonds is 12. The zero-order chi connectivity index (χ0) is 15.8. The standard InChI is InChI=1S/C15H30O5S/c1-3-4-5-6-7-8-9-10-11-12-13-14(2)15(16)19-21(17,18)20-15/h14,16H,3-13H2,1-2H3. The Morgan fingerprint density at radius 3 is 1.76 bits per heavy atom. The third kappa shape index (κ3) is 7.08. The van der Waals surface area contributed by atoms with Crippen LogP contribution in [0.5, 0.6) is 0 Å². The maximum atomic E-state index is 10.7. The summed E-state index contributed by atoms with van der Waals surface area (Å²) in [6.07, 6.45) is 13.2. The summed E-state index contributed by atoms with van der Waals surface area (Å²) in [7, 11) is -3.94. The van der Waals surface area contributed by atoms with Crippen LogP contribution in [0.1, 0.15) is 84.5 Å². The van der Waals surface area contributed by atoms with Crippen molar-refractivity contribution < 1.29 is 21.9 Å².